The molecule has 4 aromatic rings. The molecule has 4 rings (SSSR count). The zero-order chi connectivity index (χ0) is 22.0. The van der Waals surface area contributed by atoms with E-state index < -0.39 is 0 Å². The number of benzene rings is 3. The Morgan fingerprint density at radius 2 is 1.68 bits per heavy atom. The predicted octanol–water partition coefficient (Wildman–Crippen LogP) is 4.68. The number of carbonyl (C=O) groups excluding carboxylic acids is 1. The van der Waals surface area contributed by atoms with Gasteiger partial charge in [0.1, 0.15) is 0 Å². The Hall–Kier alpha value is -3.16. The van der Waals surface area contributed by atoms with Gasteiger partial charge in [0, 0.05) is 30.8 Å². The fourth-order valence-corrected chi connectivity index (χ4v) is 4.50. The van der Waals surface area contributed by atoms with Gasteiger partial charge in [0.2, 0.25) is 0 Å². The van der Waals surface area contributed by atoms with E-state index in [0.717, 1.165) is 27.5 Å². The molecule has 0 bridgehead atoms. The van der Waals surface area contributed by atoms with Crippen molar-refractivity contribution in [3.05, 3.63) is 60.2 Å². The third-order valence-electron chi connectivity index (χ3n) is 5.15. The van der Waals surface area contributed by atoms with Crippen LogP contribution in [0, 0.1) is 0 Å². The van der Waals surface area contributed by atoms with Crippen LogP contribution in [0.25, 0.3) is 21.0 Å². The molecule has 0 aliphatic heterocycles. The van der Waals surface area contributed by atoms with Crippen LogP contribution >= 0.6 is 11.3 Å². The highest BCUT2D eigenvalue weighted by Crippen LogP contribution is 2.37. The van der Waals surface area contributed by atoms with E-state index in [1.165, 1.54) is 11.3 Å². The third kappa shape index (κ3) is 4.19. The summed E-state index contributed by atoms with van der Waals surface area (Å²) >= 11 is 1.47. The molecule has 0 aliphatic rings. The average molecular weight is 436 g/mol. The van der Waals surface area contributed by atoms with E-state index in [2.05, 4.69) is 4.90 Å². The summed E-state index contributed by atoms with van der Waals surface area (Å²) in [5, 5.41) is 2.64. The first-order valence-electron chi connectivity index (χ1n) is 9.98. The van der Waals surface area contributed by atoms with Crippen molar-refractivity contribution in [1.29, 1.82) is 0 Å². The number of fused-ring (bicyclic) bond motifs is 2. The highest BCUT2D eigenvalue weighted by Gasteiger charge is 2.23. The molecule has 1 amide bonds. The van der Waals surface area contributed by atoms with Crippen molar-refractivity contribution >= 4 is 43.4 Å². The number of carbonyl (C=O) groups is 1. The zero-order valence-corrected chi connectivity index (χ0v) is 18.9. The summed E-state index contributed by atoms with van der Waals surface area (Å²) in [6.45, 7) is 1.25. The molecule has 31 heavy (non-hydrogen) atoms. The molecule has 0 unspecified atom stereocenters. The Kier molecular flexibility index (Phi) is 6.06. The van der Waals surface area contributed by atoms with E-state index in [-0.39, 0.29) is 5.91 Å². The second kappa shape index (κ2) is 8.91. The minimum absolute atomic E-state index is 0.0587. The summed E-state index contributed by atoms with van der Waals surface area (Å²) in [5.74, 6) is 1.20. The Bertz CT molecular complexity index is 1190. The molecule has 7 heteroatoms. The quantitative estimate of drug-likeness (QED) is 0.422. The lowest BCUT2D eigenvalue weighted by Gasteiger charge is -2.22. The van der Waals surface area contributed by atoms with E-state index in [1.54, 1.807) is 19.1 Å². The number of likely N-dealkylation sites (N-methyl/N-ethyl adjacent to an activating group) is 1. The fraction of sp³-hybridized carbons (Fsp3) is 0.250. The molecule has 1 aromatic heterocycles. The van der Waals surface area contributed by atoms with Gasteiger partial charge in [-0.1, -0.05) is 47.7 Å². The highest BCUT2D eigenvalue weighted by atomic mass is 32.1. The van der Waals surface area contributed by atoms with Gasteiger partial charge in [0.25, 0.3) is 5.91 Å². The van der Waals surface area contributed by atoms with Crippen LogP contribution in [0.3, 0.4) is 0 Å². The van der Waals surface area contributed by atoms with Crippen molar-refractivity contribution in [2.75, 3.05) is 46.3 Å². The van der Waals surface area contributed by atoms with Crippen LogP contribution in [0.4, 0.5) is 5.13 Å². The fourth-order valence-electron chi connectivity index (χ4n) is 3.50. The second-order valence-electron chi connectivity index (χ2n) is 7.46. The van der Waals surface area contributed by atoms with Gasteiger partial charge in [-0.05, 0) is 30.9 Å². The number of amides is 1. The topological polar surface area (TPSA) is 54.9 Å². The molecule has 0 radical (unpaired) electrons. The molecule has 1 heterocycles. The van der Waals surface area contributed by atoms with Crippen LogP contribution < -0.4 is 14.4 Å². The van der Waals surface area contributed by atoms with Crippen molar-refractivity contribution in [1.82, 2.24) is 9.88 Å². The Labute approximate surface area is 185 Å². The van der Waals surface area contributed by atoms with E-state index >= 15 is 0 Å². The van der Waals surface area contributed by atoms with Gasteiger partial charge in [0.15, 0.2) is 16.6 Å². The molecule has 3 aromatic carbocycles. The number of nitrogens with zero attached hydrogens (tertiary/aromatic N) is 3. The van der Waals surface area contributed by atoms with Gasteiger partial charge >= 0.3 is 0 Å². The standard InChI is InChI=1S/C24H25N3O3S/c1-26(2)12-13-27(23(28)18-11-7-9-16-8-5-6-10-17(16)18)24-25-19-14-20(29-3)21(30-4)15-22(19)31-24/h5-11,14-15H,12-13H2,1-4H3. The summed E-state index contributed by atoms with van der Waals surface area (Å²) in [4.78, 5) is 22.3. The summed E-state index contributed by atoms with van der Waals surface area (Å²) in [6.07, 6.45) is 0. The molecule has 0 atom stereocenters. The molecule has 0 saturated heterocycles. The van der Waals surface area contributed by atoms with Crippen molar-refractivity contribution < 1.29 is 14.3 Å². The lowest BCUT2D eigenvalue weighted by Crippen LogP contribution is -2.36. The van der Waals surface area contributed by atoms with Crippen molar-refractivity contribution in [2.45, 2.75) is 0 Å². The van der Waals surface area contributed by atoms with Crippen LogP contribution in [0.5, 0.6) is 11.5 Å². The van der Waals surface area contributed by atoms with Crippen molar-refractivity contribution in [3.8, 4) is 11.5 Å². The maximum Gasteiger partial charge on any atom is 0.260 e. The maximum atomic E-state index is 13.7. The van der Waals surface area contributed by atoms with Gasteiger partial charge in [0.05, 0.1) is 24.4 Å². The Morgan fingerprint density at radius 3 is 2.42 bits per heavy atom. The summed E-state index contributed by atoms with van der Waals surface area (Å²) < 4.78 is 11.8. The van der Waals surface area contributed by atoms with Crippen LogP contribution in [0.15, 0.2) is 54.6 Å². The number of anilines is 1. The third-order valence-corrected chi connectivity index (χ3v) is 6.19. The van der Waals surface area contributed by atoms with E-state index in [0.29, 0.717) is 28.7 Å². The molecule has 0 fully saturated rings. The van der Waals surface area contributed by atoms with Crippen LogP contribution in [0.1, 0.15) is 10.4 Å². The first-order valence-corrected chi connectivity index (χ1v) is 10.8. The van der Waals surface area contributed by atoms with Gasteiger partial charge < -0.3 is 14.4 Å². The molecule has 0 aliphatic carbocycles. The molecule has 6 nitrogen and oxygen atoms in total. The van der Waals surface area contributed by atoms with E-state index in [4.69, 9.17) is 14.5 Å². The number of hydrogen-bond acceptors (Lipinski definition) is 6. The van der Waals surface area contributed by atoms with E-state index in [9.17, 15) is 4.79 Å². The number of methoxy groups -OCH3 is 2. The Morgan fingerprint density at radius 1 is 0.968 bits per heavy atom. The van der Waals surface area contributed by atoms with Crippen LogP contribution in [-0.2, 0) is 0 Å². The van der Waals surface area contributed by atoms with Gasteiger partial charge in [-0.3, -0.25) is 9.69 Å². The first-order chi connectivity index (χ1) is 15.0. The molecular weight excluding hydrogens is 410 g/mol. The second-order valence-corrected chi connectivity index (χ2v) is 8.47. The minimum atomic E-state index is -0.0587. The SMILES string of the molecule is COc1cc2nc(N(CCN(C)C)C(=O)c3cccc4ccccc34)sc2cc1OC. The zero-order valence-electron chi connectivity index (χ0n) is 18.1. The smallest absolute Gasteiger partial charge is 0.260 e. The normalized spacial score (nSPS) is 11.3. The monoisotopic (exact) mass is 435 g/mol. The van der Waals surface area contributed by atoms with Crippen molar-refractivity contribution in [2.24, 2.45) is 0 Å². The number of hydrogen-bond donors (Lipinski definition) is 0. The van der Waals surface area contributed by atoms with Gasteiger partial charge in [-0.2, -0.15) is 0 Å². The lowest BCUT2D eigenvalue weighted by atomic mass is 10.0. The molecule has 0 saturated carbocycles. The Balaban J connectivity index is 1.80. The van der Waals surface area contributed by atoms with Gasteiger partial charge in [-0.25, -0.2) is 4.98 Å². The largest absolute Gasteiger partial charge is 0.493 e. The summed E-state index contributed by atoms with van der Waals surface area (Å²) in [5.41, 5.74) is 1.45. The van der Waals surface area contributed by atoms with E-state index in [1.807, 2.05) is 68.7 Å². The maximum absolute atomic E-state index is 13.7. The minimum Gasteiger partial charge on any atom is -0.493 e. The summed E-state index contributed by atoms with van der Waals surface area (Å²) in [6, 6.07) is 17.5. The van der Waals surface area contributed by atoms with Gasteiger partial charge in [-0.15, -0.1) is 0 Å². The number of thiazole rings is 1. The molecular formula is C24H25N3O3S. The molecule has 0 N–H and O–H groups in total. The number of aromatic nitrogens is 1. The first kappa shape index (κ1) is 21.1. The lowest BCUT2D eigenvalue weighted by molar-refractivity contribution is 0.0987. The number of ether oxygens (including phenoxy) is 2. The highest BCUT2D eigenvalue weighted by molar-refractivity contribution is 7.22. The van der Waals surface area contributed by atoms with Crippen molar-refractivity contribution in [3.63, 3.8) is 0 Å². The molecule has 160 valence electrons. The average Bonchev–Trinajstić information content (AvgIpc) is 3.19. The molecule has 0 spiro atoms. The predicted molar refractivity (Wildman–Crippen MR) is 127 cm³/mol. The number of rotatable bonds is 7. The van der Waals surface area contributed by atoms with Crippen LogP contribution in [0.2, 0.25) is 0 Å². The summed E-state index contributed by atoms with van der Waals surface area (Å²) in [7, 11) is 7.20. The van der Waals surface area contributed by atoms with Crippen LogP contribution in [-0.4, -0.2) is 57.2 Å².